The zero-order chi connectivity index (χ0) is 13.4. The Hall–Kier alpha value is -0.680. The van der Waals surface area contributed by atoms with E-state index in [2.05, 4.69) is 4.98 Å². The van der Waals surface area contributed by atoms with Crippen molar-refractivity contribution < 1.29 is 9.90 Å². The number of carboxylic acids is 1. The number of rotatable bonds is 2. The van der Waals surface area contributed by atoms with Crippen molar-refractivity contribution in [2.24, 2.45) is 0 Å². The summed E-state index contributed by atoms with van der Waals surface area (Å²) in [6.07, 6.45) is 4.55. The zero-order valence-corrected chi connectivity index (χ0v) is 12.2. The summed E-state index contributed by atoms with van der Waals surface area (Å²) in [5, 5.41) is 9.93. The molecular weight excluding hydrogens is 284 g/mol. The molecule has 3 heterocycles. The average Bonchev–Trinajstić information content (AvgIpc) is 2.77. The molecule has 0 saturated carbocycles. The van der Waals surface area contributed by atoms with E-state index in [1.54, 1.807) is 0 Å². The van der Waals surface area contributed by atoms with E-state index in [1.165, 1.54) is 0 Å². The van der Waals surface area contributed by atoms with Gasteiger partial charge in [0.2, 0.25) is 0 Å². The van der Waals surface area contributed by atoms with Crippen molar-refractivity contribution >= 4 is 29.3 Å². The number of imidazole rings is 1. The van der Waals surface area contributed by atoms with Crippen LogP contribution in [0.1, 0.15) is 49.2 Å². The maximum absolute atomic E-state index is 11.5. The van der Waals surface area contributed by atoms with Crippen molar-refractivity contribution in [2.45, 2.75) is 44.1 Å². The van der Waals surface area contributed by atoms with Gasteiger partial charge in [-0.15, -0.1) is 0 Å². The van der Waals surface area contributed by atoms with Gasteiger partial charge in [0.25, 0.3) is 0 Å². The fourth-order valence-electron chi connectivity index (χ4n) is 3.10. The lowest BCUT2D eigenvalue weighted by Crippen LogP contribution is -2.28. The van der Waals surface area contributed by atoms with Crippen molar-refractivity contribution in [1.82, 2.24) is 9.55 Å². The summed E-state index contributed by atoms with van der Waals surface area (Å²) in [6.45, 7) is 0. The fourth-order valence-corrected chi connectivity index (χ4v) is 4.48. The van der Waals surface area contributed by atoms with E-state index >= 15 is 0 Å². The normalized spacial score (nSPS) is 24.2. The standard InChI is InChI=1S/C13H17ClN2O2S/c14-11-9-2-1-3-10(13(17)18)16(9)12(15-11)8-4-6-19-7-5-8/h8,10H,1-7H2,(H,17,18). The first-order chi connectivity index (χ1) is 9.18. The summed E-state index contributed by atoms with van der Waals surface area (Å²) >= 11 is 8.18. The molecule has 1 fully saturated rings. The number of nitrogens with zero attached hydrogens (tertiary/aromatic N) is 2. The van der Waals surface area contributed by atoms with E-state index in [4.69, 9.17) is 11.6 Å². The first-order valence-corrected chi connectivity index (χ1v) is 8.29. The molecule has 3 rings (SSSR count). The summed E-state index contributed by atoms with van der Waals surface area (Å²) < 4.78 is 1.93. The second-order valence-electron chi connectivity index (χ2n) is 5.21. The third-order valence-corrected chi connectivity index (χ3v) is 5.41. The lowest BCUT2D eigenvalue weighted by Gasteiger charge is -2.28. The number of hydrogen-bond donors (Lipinski definition) is 1. The molecule has 0 bridgehead atoms. The number of halogens is 1. The summed E-state index contributed by atoms with van der Waals surface area (Å²) in [4.78, 5) is 16.0. The van der Waals surface area contributed by atoms with Gasteiger partial charge in [-0.25, -0.2) is 9.78 Å². The zero-order valence-electron chi connectivity index (χ0n) is 10.6. The van der Waals surface area contributed by atoms with Crippen LogP contribution >= 0.6 is 23.4 Å². The summed E-state index contributed by atoms with van der Waals surface area (Å²) in [5.41, 5.74) is 0.925. The number of fused-ring (bicyclic) bond motifs is 1. The molecule has 2 aliphatic rings. The SMILES string of the molecule is O=C(O)C1CCCc2c(Cl)nc(C3CCSCC3)n21. The number of aromatic nitrogens is 2. The lowest BCUT2D eigenvalue weighted by atomic mass is 9.98. The van der Waals surface area contributed by atoms with Crippen LogP contribution < -0.4 is 0 Å². The number of hydrogen-bond acceptors (Lipinski definition) is 3. The topological polar surface area (TPSA) is 55.1 Å². The quantitative estimate of drug-likeness (QED) is 0.912. The monoisotopic (exact) mass is 300 g/mol. The van der Waals surface area contributed by atoms with E-state index in [-0.39, 0.29) is 0 Å². The van der Waals surface area contributed by atoms with Crippen molar-refractivity contribution in [1.29, 1.82) is 0 Å². The molecule has 1 N–H and O–H groups in total. The third kappa shape index (κ3) is 2.38. The highest BCUT2D eigenvalue weighted by molar-refractivity contribution is 7.99. The molecule has 104 valence electrons. The van der Waals surface area contributed by atoms with Crippen molar-refractivity contribution in [3.05, 3.63) is 16.7 Å². The molecule has 1 unspecified atom stereocenters. The van der Waals surface area contributed by atoms with Crippen LogP contribution in [0.25, 0.3) is 0 Å². The van der Waals surface area contributed by atoms with Crippen LogP contribution in [0.2, 0.25) is 5.15 Å². The number of carbonyl (C=O) groups is 1. The minimum absolute atomic E-state index is 0.368. The van der Waals surface area contributed by atoms with Crippen LogP contribution in [-0.4, -0.2) is 32.1 Å². The van der Waals surface area contributed by atoms with E-state index in [1.807, 2.05) is 16.3 Å². The molecule has 2 aliphatic heterocycles. The molecule has 4 nitrogen and oxygen atoms in total. The van der Waals surface area contributed by atoms with E-state index in [9.17, 15) is 9.90 Å². The Morgan fingerprint density at radius 2 is 2.11 bits per heavy atom. The van der Waals surface area contributed by atoms with E-state index in [0.29, 0.717) is 17.5 Å². The Bertz CT molecular complexity index is 497. The average molecular weight is 301 g/mol. The molecule has 0 aromatic carbocycles. The Labute approximate surface area is 121 Å². The first kappa shape index (κ1) is 13.3. The number of aliphatic carboxylic acids is 1. The summed E-state index contributed by atoms with van der Waals surface area (Å²) in [5.74, 6) is 2.77. The number of thioether (sulfide) groups is 1. The van der Waals surface area contributed by atoms with Gasteiger partial charge in [0.15, 0.2) is 5.15 Å². The van der Waals surface area contributed by atoms with Gasteiger partial charge >= 0.3 is 5.97 Å². The predicted octanol–water partition coefficient (Wildman–Crippen LogP) is 3.11. The summed E-state index contributed by atoms with van der Waals surface area (Å²) in [7, 11) is 0. The smallest absolute Gasteiger partial charge is 0.326 e. The maximum atomic E-state index is 11.5. The molecule has 1 aromatic heterocycles. The highest BCUT2D eigenvalue weighted by atomic mass is 35.5. The van der Waals surface area contributed by atoms with Gasteiger partial charge in [-0.3, -0.25) is 0 Å². The van der Waals surface area contributed by atoms with Crippen molar-refractivity contribution in [2.75, 3.05) is 11.5 Å². The minimum atomic E-state index is -0.763. The van der Waals surface area contributed by atoms with E-state index < -0.39 is 12.0 Å². The fraction of sp³-hybridized carbons (Fsp3) is 0.692. The van der Waals surface area contributed by atoms with Gasteiger partial charge in [0.1, 0.15) is 11.9 Å². The molecule has 0 amide bonds. The van der Waals surface area contributed by atoms with Crippen LogP contribution in [0.3, 0.4) is 0 Å². The largest absolute Gasteiger partial charge is 0.480 e. The highest BCUT2D eigenvalue weighted by Crippen LogP contribution is 2.38. The Kier molecular flexibility index (Phi) is 3.76. The van der Waals surface area contributed by atoms with Crippen molar-refractivity contribution in [3.8, 4) is 0 Å². The maximum Gasteiger partial charge on any atom is 0.326 e. The molecule has 0 aliphatic carbocycles. The van der Waals surface area contributed by atoms with Gasteiger partial charge in [-0.1, -0.05) is 11.6 Å². The molecule has 1 saturated heterocycles. The van der Waals surface area contributed by atoms with Crippen molar-refractivity contribution in [3.63, 3.8) is 0 Å². The predicted molar refractivity (Wildman–Crippen MR) is 76.1 cm³/mol. The Morgan fingerprint density at radius 1 is 1.37 bits per heavy atom. The van der Waals surface area contributed by atoms with Gasteiger partial charge in [-0.2, -0.15) is 11.8 Å². The number of carboxylic acid groups (broad SMARTS) is 1. The summed E-state index contributed by atoms with van der Waals surface area (Å²) in [6, 6.07) is -0.478. The van der Waals surface area contributed by atoms with E-state index in [0.717, 1.165) is 48.7 Å². The molecule has 19 heavy (non-hydrogen) atoms. The molecule has 6 heteroatoms. The Balaban J connectivity index is 2.02. The van der Waals surface area contributed by atoms with Crippen LogP contribution in [0.4, 0.5) is 0 Å². The molecule has 0 spiro atoms. The van der Waals surface area contributed by atoms with Gasteiger partial charge in [-0.05, 0) is 43.6 Å². The van der Waals surface area contributed by atoms with Gasteiger partial charge in [0, 0.05) is 5.92 Å². The molecule has 1 aromatic rings. The second kappa shape index (κ2) is 5.37. The van der Waals surface area contributed by atoms with Gasteiger partial charge < -0.3 is 9.67 Å². The molecule has 0 radical (unpaired) electrons. The minimum Gasteiger partial charge on any atom is -0.480 e. The van der Waals surface area contributed by atoms with Crippen LogP contribution in [-0.2, 0) is 11.2 Å². The second-order valence-corrected chi connectivity index (χ2v) is 6.79. The Morgan fingerprint density at radius 3 is 2.79 bits per heavy atom. The third-order valence-electron chi connectivity index (χ3n) is 4.06. The molecular formula is C13H17ClN2O2S. The first-order valence-electron chi connectivity index (χ1n) is 6.75. The van der Waals surface area contributed by atoms with Gasteiger partial charge in [0.05, 0.1) is 5.69 Å². The highest BCUT2D eigenvalue weighted by Gasteiger charge is 2.33. The van der Waals surface area contributed by atoms with Crippen LogP contribution in [0, 0.1) is 0 Å². The lowest BCUT2D eigenvalue weighted by molar-refractivity contribution is -0.141. The molecule has 1 atom stereocenters. The van der Waals surface area contributed by atoms with Crippen LogP contribution in [0.15, 0.2) is 0 Å². The van der Waals surface area contributed by atoms with Crippen LogP contribution in [0.5, 0.6) is 0 Å².